The number of ether oxygens (including phenoxy) is 2. The van der Waals surface area contributed by atoms with E-state index in [2.05, 4.69) is 15.2 Å². The molecule has 4 rings (SSSR count). The Labute approximate surface area is 166 Å². The Hall–Kier alpha value is -3.49. The van der Waals surface area contributed by atoms with Crippen LogP contribution in [0, 0.1) is 6.92 Å². The maximum atomic E-state index is 13.5. The minimum atomic E-state index is -0.671. The second-order valence-corrected chi connectivity index (χ2v) is 6.72. The van der Waals surface area contributed by atoms with Gasteiger partial charge in [0.15, 0.2) is 11.5 Å². The van der Waals surface area contributed by atoms with E-state index in [1.807, 2.05) is 0 Å². The summed E-state index contributed by atoms with van der Waals surface area (Å²) in [6.07, 6.45) is 4.75. The zero-order valence-corrected chi connectivity index (χ0v) is 16.3. The molecule has 1 aliphatic carbocycles. The van der Waals surface area contributed by atoms with Gasteiger partial charge in [-0.3, -0.25) is 4.79 Å². The van der Waals surface area contributed by atoms with E-state index < -0.39 is 5.97 Å². The molecule has 1 aliphatic rings. The van der Waals surface area contributed by atoms with Crippen LogP contribution >= 0.6 is 0 Å². The number of nitrogens with zero attached hydrogens (tertiary/aromatic N) is 4. The van der Waals surface area contributed by atoms with Crippen LogP contribution < -0.4 is 4.74 Å². The molecule has 0 saturated heterocycles. The molecule has 0 spiro atoms. The molecule has 0 atom stereocenters. The molecule has 0 bridgehead atoms. The summed E-state index contributed by atoms with van der Waals surface area (Å²) in [4.78, 5) is 29.8. The lowest BCUT2D eigenvalue weighted by Gasteiger charge is -2.14. The van der Waals surface area contributed by atoms with Gasteiger partial charge < -0.3 is 14.0 Å². The van der Waals surface area contributed by atoms with Gasteiger partial charge in [-0.1, -0.05) is 5.16 Å². The first kappa shape index (κ1) is 18.9. The van der Waals surface area contributed by atoms with Gasteiger partial charge in [0.2, 0.25) is 5.69 Å². The lowest BCUT2D eigenvalue weighted by atomic mass is 9.95. The molecule has 0 amide bonds. The van der Waals surface area contributed by atoms with Gasteiger partial charge in [-0.2, -0.15) is 5.10 Å². The molecule has 29 heavy (non-hydrogen) atoms. The molecule has 150 valence electrons. The van der Waals surface area contributed by atoms with E-state index in [4.69, 9.17) is 14.0 Å². The number of carbonyl (C=O) groups is 2. The highest BCUT2D eigenvalue weighted by Crippen LogP contribution is 2.43. The summed E-state index contributed by atoms with van der Waals surface area (Å²) in [5.74, 6) is 0.00832. The van der Waals surface area contributed by atoms with Crippen molar-refractivity contribution in [3.8, 4) is 11.4 Å². The Kier molecular flexibility index (Phi) is 4.87. The fourth-order valence-electron chi connectivity index (χ4n) is 3.31. The molecule has 2 aromatic heterocycles. The Bertz CT molecular complexity index is 1070. The first-order chi connectivity index (χ1) is 14.1. The summed E-state index contributed by atoms with van der Waals surface area (Å²) >= 11 is 0. The summed E-state index contributed by atoms with van der Waals surface area (Å²) in [7, 11) is 1.52. The highest BCUT2D eigenvalue weighted by Gasteiger charge is 2.38. The quantitative estimate of drug-likeness (QED) is 0.443. The van der Waals surface area contributed by atoms with Crippen LogP contribution in [0.5, 0.6) is 5.75 Å². The normalized spacial score (nSPS) is 13.3. The van der Waals surface area contributed by atoms with Gasteiger partial charge in [-0.25, -0.2) is 14.5 Å². The molecule has 1 saturated carbocycles. The molecule has 9 heteroatoms. The maximum Gasteiger partial charge on any atom is 0.361 e. The van der Waals surface area contributed by atoms with Crippen LogP contribution in [0.2, 0.25) is 0 Å². The summed E-state index contributed by atoms with van der Waals surface area (Å²) in [5.41, 5.74) is 1.74. The van der Waals surface area contributed by atoms with E-state index in [-0.39, 0.29) is 29.6 Å². The van der Waals surface area contributed by atoms with Gasteiger partial charge in [0.25, 0.3) is 0 Å². The van der Waals surface area contributed by atoms with Crippen LogP contribution in [-0.4, -0.2) is 45.4 Å². The molecule has 0 N–H and O–H groups in total. The van der Waals surface area contributed by atoms with Crippen molar-refractivity contribution in [1.29, 1.82) is 0 Å². The first-order valence-corrected chi connectivity index (χ1v) is 9.30. The van der Waals surface area contributed by atoms with Crippen molar-refractivity contribution >= 4 is 11.8 Å². The third-order valence-corrected chi connectivity index (χ3v) is 4.86. The fourth-order valence-corrected chi connectivity index (χ4v) is 3.31. The average Bonchev–Trinajstić information content (AvgIpc) is 3.24. The summed E-state index contributed by atoms with van der Waals surface area (Å²) < 4.78 is 17.5. The average molecular weight is 396 g/mol. The predicted octanol–water partition coefficient (Wildman–Crippen LogP) is 2.86. The predicted molar refractivity (Wildman–Crippen MR) is 101 cm³/mol. The standard InChI is InChI=1S/C20H20N4O5/c1-4-28-20(26)16-15(19(29-23-16)12-5-6-12)17(25)13-7-8-14(18(27-3)11(13)2)24-10-21-9-22-24/h7-10,12H,4-6H2,1-3H3. The Morgan fingerprint density at radius 3 is 2.72 bits per heavy atom. The lowest BCUT2D eigenvalue weighted by Crippen LogP contribution is -2.14. The molecule has 0 aliphatic heterocycles. The molecule has 1 fully saturated rings. The number of benzene rings is 1. The van der Waals surface area contributed by atoms with Gasteiger partial charge in [0.05, 0.1) is 13.7 Å². The third kappa shape index (κ3) is 3.28. The van der Waals surface area contributed by atoms with Crippen LogP contribution in [0.3, 0.4) is 0 Å². The fraction of sp³-hybridized carbons (Fsp3) is 0.350. The topological polar surface area (TPSA) is 109 Å². The van der Waals surface area contributed by atoms with E-state index in [0.717, 1.165) is 12.8 Å². The van der Waals surface area contributed by atoms with Crippen molar-refractivity contribution < 1.29 is 23.6 Å². The molecule has 9 nitrogen and oxygen atoms in total. The van der Waals surface area contributed by atoms with Crippen molar-refractivity contribution in [3.05, 3.63) is 52.9 Å². The van der Waals surface area contributed by atoms with Crippen LogP contribution in [0.15, 0.2) is 29.3 Å². The first-order valence-electron chi connectivity index (χ1n) is 9.30. The van der Waals surface area contributed by atoms with E-state index in [9.17, 15) is 9.59 Å². The van der Waals surface area contributed by atoms with Gasteiger partial charge >= 0.3 is 5.97 Å². The highest BCUT2D eigenvalue weighted by atomic mass is 16.5. The lowest BCUT2D eigenvalue weighted by molar-refractivity contribution is 0.0512. The molecule has 2 heterocycles. The van der Waals surface area contributed by atoms with Crippen molar-refractivity contribution in [2.75, 3.05) is 13.7 Å². The third-order valence-electron chi connectivity index (χ3n) is 4.86. The van der Waals surface area contributed by atoms with Crippen molar-refractivity contribution in [3.63, 3.8) is 0 Å². The number of rotatable bonds is 7. The minimum Gasteiger partial charge on any atom is -0.494 e. The number of methoxy groups -OCH3 is 1. The molecular weight excluding hydrogens is 376 g/mol. The van der Waals surface area contributed by atoms with Crippen LogP contribution in [0.25, 0.3) is 5.69 Å². The monoisotopic (exact) mass is 396 g/mol. The number of hydrogen-bond donors (Lipinski definition) is 0. The minimum absolute atomic E-state index is 0.0857. The van der Waals surface area contributed by atoms with Crippen molar-refractivity contribution in [2.24, 2.45) is 0 Å². The molecule has 0 radical (unpaired) electrons. The number of hydrogen-bond acceptors (Lipinski definition) is 8. The second-order valence-electron chi connectivity index (χ2n) is 6.72. The Morgan fingerprint density at radius 1 is 1.31 bits per heavy atom. The van der Waals surface area contributed by atoms with Gasteiger partial charge in [-0.05, 0) is 38.8 Å². The largest absolute Gasteiger partial charge is 0.494 e. The molecule has 1 aromatic carbocycles. The summed E-state index contributed by atoms with van der Waals surface area (Å²) in [6.45, 7) is 3.65. The number of esters is 1. The van der Waals surface area contributed by atoms with E-state index in [1.54, 1.807) is 37.0 Å². The van der Waals surface area contributed by atoms with Gasteiger partial charge in [-0.15, -0.1) is 0 Å². The van der Waals surface area contributed by atoms with E-state index in [1.165, 1.54) is 13.4 Å². The Morgan fingerprint density at radius 2 is 2.10 bits per heavy atom. The zero-order chi connectivity index (χ0) is 20.5. The van der Waals surface area contributed by atoms with Crippen LogP contribution in [0.4, 0.5) is 0 Å². The van der Waals surface area contributed by atoms with E-state index >= 15 is 0 Å². The van der Waals surface area contributed by atoms with Crippen molar-refractivity contribution in [1.82, 2.24) is 19.9 Å². The van der Waals surface area contributed by atoms with Crippen LogP contribution in [-0.2, 0) is 4.74 Å². The number of ketones is 1. The zero-order valence-electron chi connectivity index (χ0n) is 16.3. The van der Waals surface area contributed by atoms with E-state index in [0.29, 0.717) is 28.3 Å². The summed E-state index contributed by atoms with van der Waals surface area (Å²) in [6, 6.07) is 3.40. The van der Waals surface area contributed by atoms with Gasteiger partial charge in [0.1, 0.15) is 29.7 Å². The molecule has 3 aromatic rings. The smallest absolute Gasteiger partial charge is 0.361 e. The Balaban J connectivity index is 1.81. The SMILES string of the molecule is CCOC(=O)c1noc(C2CC2)c1C(=O)c1ccc(-n2cncn2)c(OC)c1C. The maximum absolute atomic E-state index is 13.5. The number of aromatic nitrogens is 4. The summed E-state index contributed by atoms with van der Waals surface area (Å²) in [5, 5.41) is 7.97. The van der Waals surface area contributed by atoms with Crippen LogP contribution in [0.1, 0.15) is 63.4 Å². The molecular formula is C20H20N4O5. The second kappa shape index (κ2) is 7.50. The number of carbonyl (C=O) groups excluding carboxylic acids is 2. The van der Waals surface area contributed by atoms with Crippen molar-refractivity contribution in [2.45, 2.75) is 32.6 Å². The highest BCUT2D eigenvalue weighted by molar-refractivity contribution is 6.15. The van der Waals surface area contributed by atoms with Gasteiger partial charge in [0, 0.05) is 17.0 Å². The molecule has 0 unspecified atom stereocenters.